The molecular weight excluding hydrogens is 268 g/mol. The summed E-state index contributed by atoms with van der Waals surface area (Å²) in [6.45, 7) is 8.44. The van der Waals surface area contributed by atoms with Crippen LogP contribution in [0.2, 0.25) is 0 Å². The molecule has 3 atom stereocenters. The third kappa shape index (κ3) is 4.50. The summed E-state index contributed by atoms with van der Waals surface area (Å²) < 4.78 is 27.6. The van der Waals surface area contributed by atoms with Crippen LogP contribution in [0.5, 0.6) is 0 Å². The lowest BCUT2D eigenvalue weighted by Crippen LogP contribution is -2.33. The van der Waals surface area contributed by atoms with E-state index in [1.54, 1.807) is 0 Å². The Hall–Kier alpha value is -0.960. The summed E-state index contributed by atoms with van der Waals surface area (Å²) in [5.41, 5.74) is 0.567. The molecule has 0 spiro atoms. The van der Waals surface area contributed by atoms with Gasteiger partial charge in [-0.1, -0.05) is 27.2 Å². The summed E-state index contributed by atoms with van der Waals surface area (Å²) in [7, 11) is 0. The molecule has 0 radical (unpaired) electrons. The van der Waals surface area contributed by atoms with Gasteiger partial charge in [0.25, 0.3) is 0 Å². The van der Waals surface area contributed by atoms with E-state index in [1.807, 2.05) is 0 Å². The maximum Gasteiger partial charge on any atom is 0.126 e. The van der Waals surface area contributed by atoms with Crippen LogP contribution in [0.25, 0.3) is 0 Å². The number of rotatable bonds is 5. The van der Waals surface area contributed by atoms with E-state index < -0.39 is 0 Å². The van der Waals surface area contributed by atoms with E-state index in [0.717, 1.165) is 25.9 Å². The first-order valence-electron chi connectivity index (χ1n) is 8.13. The number of nitrogens with one attached hydrogen (secondary N) is 1. The van der Waals surface area contributed by atoms with Crippen LogP contribution in [0.1, 0.15) is 51.5 Å². The normalized spacial score (nSPS) is 26.3. The second-order valence-corrected chi connectivity index (χ2v) is 7.00. The Balaban J connectivity index is 2.12. The van der Waals surface area contributed by atoms with Gasteiger partial charge in [0.05, 0.1) is 0 Å². The number of hydrogen-bond donors (Lipinski definition) is 1. The van der Waals surface area contributed by atoms with E-state index in [1.165, 1.54) is 24.6 Å². The number of benzene rings is 1. The summed E-state index contributed by atoms with van der Waals surface area (Å²) in [6.07, 6.45) is 3.22. The first-order valence-corrected chi connectivity index (χ1v) is 8.13. The summed E-state index contributed by atoms with van der Waals surface area (Å²) in [6, 6.07) is 3.87. The van der Waals surface area contributed by atoms with Crippen molar-refractivity contribution < 1.29 is 8.78 Å². The average Bonchev–Trinajstić information content (AvgIpc) is 2.43. The molecule has 0 aliphatic heterocycles. The van der Waals surface area contributed by atoms with E-state index in [9.17, 15) is 8.78 Å². The Bertz CT molecular complexity index is 459. The SMILES string of the molecule is CC(C)CNCC1CCC(C)CC1c1cc(F)ccc1F. The zero-order chi connectivity index (χ0) is 15.4. The Morgan fingerprint density at radius 1 is 1.24 bits per heavy atom. The molecule has 1 aromatic carbocycles. The Labute approximate surface area is 127 Å². The lowest BCUT2D eigenvalue weighted by atomic mass is 9.71. The monoisotopic (exact) mass is 295 g/mol. The molecule has 2 rings (SSSR count). The Morgan fingerprint density at radius 3 is 2.71 bits per heavy atom. The van der Waals surface area contributed by atoms with Crippen molar-refractivity contribution in [2.45, 2.75) is 46.0 Å². The Morgan fingerprint density at radius 2 is 2.00 bits per heavy atom. The van der Waals surface area contributed by atoms with Crippen molar-refractivity contribution in [3.63, 3.8) is 0 Å². The van der Waals surface area contributed by atoms with Gasteiger partial charge in [-0.3, -0.25) is 0 Å². The molecule has 3 heteroatoms. The highest BCUT2D eigenvalue weighted by molar-refractivity contribution is 5.24. The third-order valence-electron chi connectivity index (χ3n) is 4.57. The molecule has 1 fully saturated rings. The number of halogens is 2. The zero-order valence-corrected chi connectivity index (χ0v) is 13.3. The highest BCUT2D eigenvalue weighted by atomic mass is 19.1. The van der Waals surface area contributed by atoms with E-state index >= 15 is 0 Å². The molecule has 0 aromatic heterocycles. The van der Waals surface area contributed by atoms with Gasteiger partial charge in [-0.05, 0) is 73.4 Å². The van der Waals surface area contributed by atoms with Crippen LogP contribution in [0.4, 0.5) is 8.78 Å². The van der Waals surface area contributed by atoms with Crippen LogP contribution in [-0.2, 0) is 0 Å². The Kier molecular flexibility index (Phi) is 5.74. The van der Waals surface area contributed by atoms with Gasteiger partial charge in [0.2, 0.25) is 0 Å². The molecule has 0 amide bonds. The van der Waals surface area contributed by atoms with Crippen LogP contribution in [0.3, 0.4) is 0 Å². The van der Waals surface area contributed by atoms with E-state index in [2.05, 4.69) is 26.1 Å². The van der Waals surface area contributed by atoms with Crippen molar-refractivity contribution >= 4 is 0 Å². The lowest BCUT2D eigenvalue weighted by Gasteiger charge is -2.36. The van der Waals surface area contributed by atoms with Crippen LogP contribution in [0.15, 0.2) is 18.2 Å². The highest BCUT2D eigenvalue weighted by Gasteiger charge is 2.31. The third-order valence-corrected chi connectivity index (χ3v) is 4.57. The van der Waals surface area contributed by atoms with Crippen molar-refractivity contribution in [1.29, 1.82) is 0 Å². The van der Waals surface area contributed by atoms with Crippen molar-refractivity contribution in [3.8, 4) is 0 Å². The topological polar surface area (TPSA) is 12.0 Å². The minimum Gasteiger partial charge on any atom is -0.316 e. The minimum atomic E-state index is -0.335. The zero-order valence-electron chi connectivity index (χ0n) is 13.3. The molecule has 1 nitrogen and oxygen atoms in total. The van der Waals surface area contributed by atoms with Gasteiger partial charge in [-0.15, -0.1) is 0 Å². The average molecular weight is 295 g/mol. The fourth-order valence-electron chi connectivity index (χ4n) is 3.42. The van der Waals surface area contributed by atoms with E-state index in [-0.39, 0.29) is 17.6 Å². The molecule has 0 bridgehead atoms. The molecule has 1 aliphatic rings. The van der Waals surface area contributed by atoms with E-state index in [0.29, 0.717) is 23.3 Å². The van der Waals surface area contributed by atoms with Gasteiger partial charge >= 0.3 is 0 Å². The molecule has 1 N–H and O–H groups in total. The van der Waals surface area contributed by atoms with Crippen LogP contribution in [0, 0.1) is 29.4 Å². The maximum atomic E-state index is 14.1. The van der Waals surface area contributed by atoms with E-state index in [4.69, 9.17) is 0 Å². The number of hydrogen-bond acceptors (Lipinski definition) is 1. The molecule has 0 saturated heterocycles. The minimum absolute atomic E-state index is 0.129. The van der Waals surface area contributed by atoms with Gasteiger partial charge in [-0.25, -0.2) is 8.78 Å². The van der Waals surface area contributed by atoms with Gasteiger partial charge in [0.1, 0.15) is 11.6 Å². The predicted octanol–water partition coefficient (Wildman–Crippen LogP) is 4.73. The van der Waals surface area contributed by atoms with Crippen molar-refractivity contribution in [2.24, 2.45) is 17.8 Å². The molecule has 3 unspecified atom stereocenters. The van der Waals surface area contributed by atoms with Gasteiger partial charge in [0.15, 0.2) is 0 Å². The van der Waals surface area contributed by atoms with Crippen molar-refractivity contribution in [3.05, 3.63) is 35.4 Å². The summed E-state index contributed by atoms with van der Waals surface area (Å²) in [5.74, 6) is 1.12. The predicted molar refractivity (Wildman–Crippen MR) is 83.3 cm³/mol. The van der Waals surface area contributed by atoms with Crippen LogP contribution in [-0.4, -0.2) is 13.1 Å². The largest absolute Gasteiger partial charge is 0.316 e. The van der Waals surface area contributed by atoms with Gasteiger partial charge in [0, 0.05) is 0 Å². The molecule has 1 aliphatic carbocycles. The standard InChI is InChI=1S/C18H27F2N/c1-12(2)10-21-11-14-5-4-13(3)8-16(14)17-9-15(19)6-7-18(17)20/h6-7,9,12-14,16,21H,4-5,8,10-11H2,1-3H3. The first-order chi connectivity index (χ1) is 9.97. The molecular formula is C18H27F2N. The fraction of sp³-hybridized carbons (Fsp3) is 0.667. The van der Waals surface area contributed by atoms with Crippen LogP contribution >= 0.6 is 0 Å². The lowest BCUT2D eigenvalue weighted by molar-refractivity contribution is 0.235. The van der Waals surface area contributed by atoms with Gasteiger partial charge in [-0.2, -0.15) is 0 Å². The van der Waals surface area contributed by atoms with Crippen molar-refractivity contribution in [1.82, 2.24) is 5.32 Å². The second kappa shape index (κ2) is 7.35. The maximum absolute atomic E-state index is 14.1. The molecule has 1 saturated carbocycles. The quantitative estimate of drug-likeness (QED) is 0.828. The molecule has 0 heterocycles. The van der Waals surface area contributed by atoms with Gasteiger partial charge < -0.3 is 5.32 Å². The fourth-order valence-corrected chi connectivity index (χ4v) is 3.42. The summed E-state index contributed by atoms with van der Waals surface area (Å²) in [4.78, 5) is 0. The summed E-state index contributed by atoms with van der Waals surface area (Å²) >= 11 is 0. The smallest absolute Gasteiger partial charge is 0.126 e. The molecule has 118 valence electrons. The molecule has 21 heavy (non-hydrogen) atoms. The second-order valence-electron chi connectivity index (χ2n) is 7.00. The highest BCUT2D eigenvalue weighted by Crippen LogP contribution is 2.41. The first kappa shape index (κ1) is 16.4. The summed E-state index contributed by atoms with van der Waals surface area (Å²) in [5, 5.41) is 3.49. The van der Waals surface area contributed by atoms with Crippen LogP contribution < -0.4 is 5.32 Å². The molecule has 1 aromatic rings. The van der Waals surface area contributed by atoms with Crippen molar-refractivity contribution in [2.75, 3.05) is 13.1 Å².